The topological polar surface area (TPSA) is 41.9 Å². The number of Topliss-reactive ketones (excluding diaryl/α,β-unsaturated/α-hetero) is 1. The molecule has 4 saturated carbocycles. The van der Waals surface area contributed by atoms with E-state index in [2.05, 4.69) is 45.0 Å². The van der Waals surface area contributed by atoms with Gasteiger partial charge >= 0.3 is 0 Å². The molecule has 168 valence electrons. The lowest BCUT2D eigenvalue weighted by molar-refractivity contribution is -0.142. The number of carbonyl (C=O) groups is 1. The summed E-state index contributed by atoms with van der Waals surface area (Å²) in [6.07, 6.45) is 8.90. The molecule has 4 fully saturated rings. The van der Waals surface area contributed by atoms with Gasteiger partial charge in [-0.3, -0.25) is 9.79 Å². The van der Waals surface area contributed by atoms with Crippen LogP contribution in [0.4, 0.5) is 0 Å². The molecule has 31 heavy (non-hydrogen) atoms. The van der Waals surface area contributed by atoms with Crippen molar-refractivity contribution in [2.75, 3.05) is 21.2 Å². The van der Waals surface area contributed by atoms with Crippen LogP contribution < -0.4 is 4.74 Å². The third-order valence-corrected chi connectivity index (χ3v) is 8.32. The molecule has 5 aliphatic rings. The predicted octanol–water partition coefficient (Wildman–Crippen LogP) is 5.06. The van der Waals surface area contributed by atoms with Crippen molar-refractivity contribution in [3.05, 3.63) is 28.8 Å². The van der Waals surface area contributed by atoms with Crippen molar-refractivity contribution >= 4 is 11.5 Å². The summed E-state index contributed by atoms with van der Waals surface area (Å²) in [5, 5.41) is 0. The minimum Gasteiger partial charge on any atom is -0.496 e. The Labute approximate surface area is 187 Å². The van der Waals surface area contributed by atoms with Crippen LogP contribution in [-0.4, -0.2) is 43.1 Å². The van der Waals surface area contributed by atoms with Crippen LogP contribution in [0.3, 0.4) is 0 Å². The Bertz CT molecular complexity index is 892. The molecule has 1 aliphatic heterocycles. The van der Waals surface area contributed by atoms with Gasteiger partial charge in [0.15, 0.2) is 0 Å². The summed E-state index contributed by atoms with van der Waals surface area (Å²) in [6, 6.07) is 4.44. The van der Waals surface area contributed by atoms with Crippen molar-refractivity contribution in [1.82, 2.24) is 4.90 Å². The van der Waals surface area contributed by atoms with E-state index in [9.17, 15) is 4.79 Å². The van der Waals surface area contributed by atoms with Crippen LogP contribution in [0.2, 0.25) is 0 Å². The van der Waals surface area contributed by atoms with Gasteiger partial charge in [0.05, 0.1) is 18.4 Å². The number of hydrogen-bond donors (Lipinski definition) is 0. The molecule has 0 atom stereocenters. The summed E-state index contributed by atoms with van der Waals surface area (Å²) in [4.78, 5) is 21.2. The van der Waals surface area contributed by atoms with Gasteiger partial charge in [-0.2, -0.15) is 0 Å². The minimum absolute atomic E-state index is 0.0576. The first kappa shape index (κ1) is 21.2. The second-order valence-corrected chi connectivity index (χ2v) is 11.9. The van der Waals surface area contributed by atoms with E-state index in [1.165, 1.54) is 36.0 Å². The average Bonchev–Trinajstić information content (AvgIpc) is 2.65. The molecule has 1 heterocycles. The van der Waals surface area contributed by atoms with Crippen LogP contribution >= 0.6 is 0 Å². The lowest BCUT2D eigenvalue weighted by Gasteiger charge is -2.56. The Balaban J connectivity index is 1.48. The van der Waals surface area contributed by atoms with Crippen molar-refractivity contribution < 1.29 is 9.53 Å². The van der Waals surface area contributed by atoms with Crippen LogP contribution in [0.25, 0.3) is 0 Å². The van der Waals surface area contributed by atoms with Crippen LogP contribution in [0.1, 0.15) is 75.5 Å². The smallest absolute Gasteiger partial charge is 0.145 e. The molecule has 0 spiro atoms. The van der Waals surface area contributed by atoms with Gasteiger partial charge in [0.25, 0.3) is 0 Å². The zero-order valence-corrected chi connectivity index (χ0v) is 20.0. The van der Waals surface area contributed by atoms with Gasteiger partial charge in [-0.1, -0.05) is 0 Å². The number of nitrogens with zero attached hydrogens (tertiary/aromatic N) is 2. The fourth-order valence-corrected chi connectivity index (χ4v) is 7.59. The van der Waals surface area contributed by atoms with Crippen molar-refractivity contribution in [1.29, 1.82) is 0 Å². The zero-order chi connectivity index (χ0) is 22.0. The lowest BCUT2D eigenvalue weighted by atomic mass is 9.48. The maximum absolute atomic E-state index is 13.9. The lowest BCUT2D eigenvalue weighted by Crippen LogP contribution is -2.50. The Hall–Kier alpha value is -1.68. The summed E-state index contributed by atoms with van der Waals surface area (Å²) in [7, 11) is 5.90. The first-order chi connectivity index (χ1) is 14.7. The zero-order valence-electron chi connectivity index (χ0n) is 20.0. The number of methoxy groups -OCH3 is 1. The molecule has 0 aromatic heterocycles. The van der Waals surface area contributed by atoms with Crippen molar-refractivity contribution in [3.63, 3.8) is 0 Å². The highest BCUT2D eigenvalue weighted by Gasteiger charge is 2.54. The molecule has 0 amide bonds. The van der Waals surface area contributed by atoms with Gasteiger partial charge in [-0.15, -0.1) is 0 Å². The van der Waals surface area contributed by atoms with Gasteiger partial charge in [-0.05, 0) is 114 Å². The highest BCUT2D eigenvalue weighted by Crippen LogP contribution is 2.60. The monoisotopic (exact) mass is 422 g/mol. The maximum atomic E-state index is 13.9. The second-order valence-electron chi connectivity index (χ2n) is 11.9. The third kappa shape index (κ3) is 3.86. The van der Waals surface area contributed by atoms with Crippen LogP contribution in [0.15, 0.2) is 17.1 Å². The predicted molar refractivity (Wildman–Crippen MR) is 125 cm³/mol. The summed E-state index contributed by atoms with van der Waals surface area (Å²) in [5.74, 6) is 3.80. The Morgan fingerprint density at radius 3 is 2.26 bits per heavy atom. The molecule has 0 N–H and O–H groups in total. The molecule has 0 radical (unpaired) electrons. The number of rotatable bonds is 6. The fourth-order valence-electron chi connectivity index (χ4n) is 7.59. The number of aliphatic imine (C=N–C) groups is 1. The summed E-state index contributed by atoms with van der Waals surface area (Å²) in [6.45, 7) is 5.19. The van der Waals surface area contributed by atoms with Crippen molar-refractivity contribution in [3.8, 4) is 5.75 Å². The SMILES string of the molecule is COc1cc2c(cc1CN(C)C)C(CC(=O)C13CC4CC(CC(C4)C1)C3)=NC(C)(C)C2. The van der Waals surface area contributed by atoms with E-state index in [4.69, 9.17) is 9.73 Å². The van der Waals surface area contributed by atoms with E-state index in [0.29, 0.717) is 12.2 Å². The Morgan fingerprint density at radius 1 is 1.10 bits per heavy atom. The molecule has 4 heteroatoms. The third-order valence-electron chi connectivity index (χ3n) is 8.32. The van der Waals surface area contributed by atoms with Gasteiger partial charge < -0.3 is 9.64 Å². The number of carbonyl (C=O) groups excluding carboxylic acids is 1. The summed E-state index contributed by atoms with van der Waals surface area (Å²) < 4.78 is 5.73. The standard InChI is InChI=1S/C27H38N2O2/c1-26(2)15-20-10-24(31-5)21(16-29(3)4)9-22(20)23(28-26)11-25(30)27-12-17-6-18(13-27)8-19(7-17)14-27/h9-10,17-19H,6-8,11-16H2,1-5H3. The van der Waals surface area contributed by atoms with Crippen LogP contribution in [-0.2, 0) is 17.8 Å². The molecular weight excluding hydrogens is 384 g/mol. The van der Waals surface area contributed by atoms with E-state index in [1.54, 1.807) is 7.11 Å². The molecule has 0 saturated heterocycles. The minimum atomic E-state index is -0.182. The molecule has 0 unspecified atom stereocenters. The highest BCUT2D eigenvalue weighted by atomic mass is 16.5. The number of ether oxygens (including phenoxy) is 1. The van der Waals surface area contributed by atoms with Gasteiger partial charge in [0.1, 0.15) is 11.5 Å². The largest absolute Gasteiger partial charge is 0.496 e. The van der Waals surface area contributed by atoms with E-state index >= 15 is 0 Å². The first-order valence-corrected chi connectivity index (χ1v) is 12.1. The molecule has 6 rings (SSSR count). The maximum Gasteiger partial charge on any atom is 0.145 e. The van der Waals surface area contributed by atoms with Crippen LogP contribution in [0.5, 0.6) is 5.75 Å². The average molecular weight is 423 g/mol. The quantitative estimate of drug-likeness (QED) is 0.644. The highest BCUT2D eigenvalue weighted by molar-refractivity contribution is 6.14. The van der Waals surface area contributed by atoms with Gasteiger partial charge in [0, 0.05) is 23.9 Å². The van der Waals surface area contributed by atoms with E-state index in [1.807, 2.05) is 0 Å². The fraction of sp³-hybridized carbons (Fsp3) is 0.704. The number of benzene rings is 1. The Morgan fingerprint density at radius 2 is 1.71 bits per heavy atom. The summed E-state index contributed by atoms with van der Waals surface area (Å²) >= 11 is 0. The van der Waals surface area contributed by atoms with Crippen LogP contribution in [0, 0.1) is 23.2 Å². The van der Waals surface area contributed by atoms with Crippen molar-refractivity contribution in [2.24, 2.45) is 28.2 Å². The van der Waals surface area contributed by atoms with E-state index in [-0.39, 0.29) is 11.0 Å². The second kappa shape index (κ2) is 7.43. The van der Waals surface area contributed by atoms with Crippen molar-refractivity contribution in [2.45, 2.75) is 77.3 Å². The molecule has 4 nitrogen and oxygen atoms in total. The normalized spacial score (nSPS) is 32.7. The molecular formula is C27H38N2O2. The number of fused-ring (bicyclic) bond motifs is 1. The summed E-state index contributed by atoms with van der Waals surface area (Å²) in [5.41, 5.74) is 4.38. The molecule has 4 aliphatic carbocycles. The Kier molecular flexibility index (Phi) is 5.08. The number of ketones is 1. The molecule has 1 aromatic rings. The van der Waals surface area contributed by atoms with E-state index < -0.39 is 0 Å². The number of hydrogen-bond acceptors (Lipinski definition) is 4. The first-order valence-electron chi connectivity index (χ1n) is 12.1. The van der Waals surface area contributed by atoms with Gasteiger partial charge in [0.2, 0.25) is 0 Å². The van der Waals surface area contributed by atoms with E-state index in [0.717, 1.165) is 61.4 Å². The molecule has 4 bridgehead atoms. The molecule has 1 aromatic carbocycles. The van der Waals surface area contributed by atoms with Gasteiger partial charge in [-0.25, -0.2) is 0 Å².